The third-order valence-electron chi connectivity index (χ3n) is 2.88. The molecule has 0 spiro atoms. The number of carboxylic acids is 1. The highest BCUT2D eigenvalue weighted by Crippen LogP contribution is 2.32. The average molecular weight is 270 g/mol. The number of aliphatic carboxylic acids is 1. The highest BCUT2D eigenvalue weighted by atomic mass is 35.5. The molecular formula is C14H20ClNO2. The van der Waals surface area contributed by atoms with Crippen molar-refractivity contribution in [3.05, 3.63) is 28.3 Å². The first-order chi connectivity index (χ1) is 8.32. The zero-order chi connectivity index (χ0) is 13.9. The third-order valence-corrected chi connectivity index (χ3v) is 3.16. The Hall–Kier alpha value is -1.22. The summed E-state index contributed by atoms with van der Waals surface area (Å²) in [7, 11) is 0. The molecule has 4 heteroatoms. The Morgan fingerprint density at radius 2 is 2.00 bits per heavy atom. The molecule has 18 heavy (non-hydrogen) atoms. The minimum absolute atomic E-state index is 0.113. The van der Waals surface area contributed by atoms with Crippen molar-refractivity contribution in [1.29, 1.82) is 0 Å². The van der Waals surface area contributed by atoms with E-state index >= 15 is 0 Å². The summed E-state index contributed by atoms with van der Waals surface area (Å²) >= 11 is 6.30. The monoisotopic (exact) mass is 269 g/mol. The highest BCUT2D eigenvalue weighted by Gasteiger charge is 2.17. The molecule has 0 radical (unpaired) electrons. The van der Waals surface area contributed by atoms with Crippen LogP contribution < -0.4 is 4.90 Å². The standard InChI is InChI=1S/C14H20ClNO2/c1-9(2)16(6-5-13(17)18)14-11(4)7-10(3)8-12(14)15/h7-9H,5-6H2,1-4H3,(H,17,18). The van der Waals surface area contributed by atoms with Gasteiger partial charge >= 0.3 is 5.97 Å². The van der Waals surface area contributed by atoms with Crippen LogP contribution in [0, 0.1) is 13.8 Å². The molecule has 0 bridgehead atoms. The quantitative estimate of drug-likeness (QED) is 0.887. The first kappa shape index (κ1) is 14.8. The van der Waals surface area contributed by atoms with Gasteiger partial charge in [0.2, 0.25) is 0 Å². The van der Waals surface area contributed by atoms with Crippen molar-refractivity contribution in [2.45, 2.75) is 40.2 Å². The van der Waals surface area contributed by atoms with Crippen LogP contribution in [0.1, 0.15) is 31.4 Å². The van der Waals surface area contributed by atoms with Crippen molar-refractivity contribution in [2.24, 2.45) is 0 Å². The van der Waals surface area contributed by atoms with Crippen LogP contribution in [0.2, 0.25) is 5.02 Å². The number of carboxylic acid groups (broad SMARTS) is 1. The lowest BCUT2D eigenvalue weighted by Crippen LogP contribution is -2.33. The first-order valence-electron chi connectivity index (χ1n) is 6.08. The lowest BCUT2D eigenvalue weighted by atomic mass is 10.1. The predicted octanol–water partition coefficient (Wildman–Crippen LogP) is 3.65. The van der Waals surface area contributed by atoms with Gasteiger partial charge < -0.3 is 10.0 Å². The number of hydrogen-bond donors (Lipinski definition) is 1. The number of hydrogen-bond acceptors (Lipinski definition) is 2. The number of aryl methyl sites for hydroxylation is 2. The van der Waals surface area contributed by atoms with E-state index in [0.717, 1.165) is 16.8 Å². The van der Waals surface area contributed by atoms with Gasteiger partial charge in [0.25, 0.3) is 0 Å². The van der Waals surface area contributed by atoms with Crippen molar-refractivity contribution in [2.75, 3.05) is 11.4 Å². The van der Waals surface area contributed by atoms with E-state index in [1.807, 2.05) is 38.7 Å². The number of halogens is 1. The third kappa shape index (κ3) is 3.64. The van der Waals surface area contributed by atoms with E-state index in [4.69, 9.17) is 16.7 Å². The van der Waals surface area contributed by atoms with Gasteiger partial charge in [-0.05, 0) is 44.9 Å². The number of benzene rings is 1. The maximum absolute atomic E-state index is 10.7. The van der Waals surface area contributed by atoms with Crippen molar-refractivity contribution in [3.8, 4) is 0 Å². The van der Waals surface area contributed by atoms with Crippen LogP contribution in [-0.2, 0) is 4.79 Å². The van der Waals surface area contributed by atoms with Gasteiger partial charge in [-0.25, -0.2) is 0 Å². The summed E-state index contributed by atoms with van der Waals surface area (Å²) in [4.78, 5) is 12.8. The lowest BCUT2D eigenvalue weighted by molar-refractivity contribution is -0.136. The Bertz CT molecular complexity index is 420. The van der Waals surface area contributed by atoms with E-state index in [-0.39, 0.29) is 12.5 Å². The van der Waals surface area contributed by atoms with Crippen LogP contribution in [0.3, 0.4) is 0 Å². The zero-order valence-corrected chi connectivity index (χ0v) is 12.1. The van der Waals surface area contributed by atoms with Gasteiger partial charge in [0, 0.05) is 12.6 Å². The molecular weight excluding hydrogens is 250 g/mol. The van der Waals surface area contributed by atoms with E-state index in [1.165, 1.54) is 0 Å². The van der Waals surface area contributed by atoms with Gasteiger partial charge in [-0.2, -0.15) is 0 Å². The largest absolute Gasteiger partial charge is 0.481 e. The number of rotatable bonds is 5. The van der Waals surface area contributed by atoms with Gasteiger partial charge in [0.05, 0.1) is 17.1 Å². The maximum atomic E-state index is 10.7. The smallest absolute Gasteiger partial charge is 0.305 e. The second kappa shape index (κ2) is 6.10. The van der Waals surface area contributed by atoms with E-state index in [9.17, 15) is 4.79 Å². The molecule has 0 saturated heterocycles. The SMILES string of the molecule is Cc1cc(C)c(N(CCC(=O)O)C(C)C)c(Cl)c1. The molecule has 1 N–H and O–H groups in total. The summed E-state index contributed by atoms with van der Waals surface area (Å²) in [5, 5.41) is 9.50. The summed E-state index contributed by atoms with van der Waals surface area (Å²) < 4.78 is 0. The predicted molar refractivity (Wildman–Crippen MR) is 75.7 cm³/mol. The summed E-state index contributed by atoms with van der Waals surface area (Å²) in [6, 6.07) is 4.19. The van der Waals surface area contributed by atoms with Gasteiger partial charge in [0.15, 0.2) is 0 Å². The number of anilines is 1. The molecule has 0 aliphatic heterocycles. The van der Waals surface area contributed by atoms with Crippen LogP contribution in [0.4, 0.5) is 5.69 Å². The lowest BCUT2D eigenvalue weighted by Gasteiger charge is -2.31. The normalized spacial score (nSPS) is 10.8. The van der Waals surface area contributed by atoms with E-state index in [0.29, 0.717) is 11.6 Å². The Kier molecular flexibility index (Phi) is 5.03. The number of carbonyl (C=O) groups is 1. The Labute approximate surface area is 113 Å². The fraction of sp³-hybridized carbons (Fsp3) is 0.500. The molecule has 0 aliphatic rings. The van der Waals surface area contributed by atoms with Gasteiger partial charge in [0.1, 0.15) is 0 Å². The molecule has 0 unspecified atom stereocenters. The van der Waals surface area contributed by atoms with Crippen molar-refractivity contribution >= 4 is 23.3 Å². The Morgan fingerprint density at radius 3 is 2.44 bits per heavy atom. The number of nitrogens with zero attached hydrogens (tertiary/aromatic N) is 1. The zero-order valence-electron chi connectivity index (χ0n) is 11.3. The minimum atomic E-state index is -0.790. The summed E-state index contributed by atoms with van der Waals surface area (Å²) in [6.45, 7) is 8.55. The molecule has 0 amide bonds. The summed E-state index contributed by atoms with van der Waals surface area (Å²) in [6.07, 6.45) is 0.113. The van der Waals surface area contributed by atoms with Crippen LogP contribution in [0.15, 0.2) is 12.1 Å². The first-order valence-corrected chi connectivity index (χ1v) is 6.46. The molecule has 0 saturated carbocycles. The molecule has 1 rings (SSSR count). The molecule has 0 fully saturated rings. The fourth-order valence-corrected chi connectivity index (χ4v) is 2.55. The molecule has 0 aromatic heterocycles. The van der Waals surface area contributed by atoms with Crippen molar-refractivity contribution in [1.82, 2.24) is 0 Å². The van der Waals surface area contributed by atoms with E-state index in [1.54, 1.807) is 0 Å². The van der Waals surface area contributed by atoms with Crippen LogP contribution in [0.25, 0.3) is 0 Å². The minimum Gasteiger partial charge on any atom is -0.481 e. The van der Waals surface area contributed by atoms with Crippen LogP contribution >= 0.6 is 11.6 Å². The van der Waals surface area contributed by atoms with Gasteiger partial charge in [-0.1, -0.05) is 17.7 Å². The van der Waals surface area contributed by atoms with Gasteiger partial charge in [-0.3, -0.25) is 4.79 Å². The fourth-order valence-electron chi connectivity index (χ4n) is 2.12. The van der Waals surface area contributed by atoms with Gasteiger partial charge in [-0.15, -0.1) is 0 Å². The molecule has 0 atom stereocenters. The van der Waals surface area contributed by atoms with Crippen LogP contribution in [-0.4, -0.2) is 23.7 Å². The molecule has 100 valence electrons. The molecule has 0 heterocycles. The average Bonchev–Trinajstić information content (AvgIpc) is 2.20. The molecule has 3 nitrogen and oxygen atoms in total. The molecule has 0 aliphatic carbocycles. The topological polar surface area (TPSA) is 40.5 Å². The van der Waals surface area contributed by atoms with Crippen molar-refractivity contribution < 1.29 is 9.90 Å². The second-order valence-corrected chi connectivity index (χ2v) is 5.25. The second-order valence-electron chi connectivity index (χ2n) is 4.84. The highest BCUT2D eigenvalue weighted by molar-refractivity contribution is 6.33. The Morgan fingerprint density at radius 1 is 1.39 bits per heavy atom. The van der Waals surface area contributed by atoms with Crippen LogP contribution in [0.5, 0.6) is 0 Å². The maximum Gasteiger partial charge on any atom is 0.305 e. The van der Waals surface area contributed by atoms with E-state index < -0.39 is 5.97 Å². The summed E-state index contributed by atoms with van der Waals surface area (Å²) in [5.41, 5.74) is 3.14. The van der Waals surface area contributed by atoms with Crippen molar-refractivity contribution in [3.63, 3.8) is 0 Å². The molecule has 1 aromatic carbocycles. The Balaban J connectivity index is 3.09. The van der Waals surface area contributed by atoms with E-state index in [2.05, 4.69) is 6.07 Å². The molecule has 1 aromatic rings. The summed E-state index contributed by atoms with van der Waals surface area (Å²) in [5.74, 6) is -0.790.